The van der Waals surface area contributed by atoms with Gasteiger partial charge in [-0.1, -0.05) is 167 Å². The molecule has 0 heterocycles. The summed E-state index contributed by atoms with van der Waals surface area (Å²) < 4.78 is 35.0. The molecule has 0 radical (unpaired) electrons. The van der Waals surface area contributed by atoms with E-state index < -0.39 is 13.9 Å². The second kappa shape index (κ2) is 37.9. The number of phosphoric acid groups is 1. The molecule has 2 atom stereocenters. The third-order valence-corrected chi connectivity index (χ3v) is 10.5. The van der Waals surface area contributed by atoms with Gasteiger partial charge >= 0.3 is 13.8 Å². The van der Waals surface area contributed by atoms with Crippen LogP contribution in [0.2, 0.25) is 0 Å². The molecule has 0 fully saturated rings. The van der Waals surface area contributed by atoms with Gasteiger partial charge in [-0.25, -0.2) is 4.57 Å². The van der Waals surface area contributed by atoms with Crippen LogP contribution in [0.15, 0.2) is 24.3 Å². The van der Waals surface area contributed by atoms with Crippen molar-refractivity contribution in [2.24, 2.45) is 0 Å². The van der Waals surface area contributed by atoms with Crippen LogP contribution in [0.4, 0.5) is 0 Å². The number of unbranched alkanes of at least 4 members (excludes halogenated alkanes) is 23. The maximum atomic E-state index is 12.7. The van der Waals surface area contributed by atoms with Gasteiger partial charge in [0.05, 0.1) is 34.4 Å². The van der Waals surface area contributed by atoms with Crippen molar-refractivity contribution >= 4 is 13.8 Å². The molecule has 0 rings (SSSR count). The highest BCUT2D eigenvalue weighted by Gasteiger charge is 2.26. The molecule has 0 saturated heterocycles. The van der Waals surface area contributed by atoms with Crippen LogP contribution >= 0.6 is 7.82 Å². The Hall–Kier alpha value is -1.02. The molecule has 0 aromatic rings. The number of quaternary nitrogens is 1. The third-order valence-electron chi connectivity index (χ3n) is 9.52. The lowest BCUT2D eigenvalue weighted by molar-refractivity contribution is -0.870. The number of carbonyl (C=O) groups is 1. The first kappa shape index (κ1) is 52.0. The molecule has 0 spiro atoms. The molecule has 0 aromatic heterocycles. The van der Waals surface area contributed by atoms with Gasteiger partial charge in [-0.15, -0.1) is 0 Å². The molecule has 0 saturated carbocycles. The van der Waals surface area contributed by atoms with Gasteiger partial charge in [0.2, 0.25) is 0 Å². The number of likely N-dealkylation sites (N-methyl/N-ethyl adjacent to an activating group) is 1. The smallest absolute Gasteiger partial charge is 0.457 e. The van der Waals surface area contributed by atoms with Crippen LogP contribution in [-0.4, -0.2) is 75.6 Å². The quantitative estimate of drug-likeness (QED) is 0.0217. The van der Waals surface area contributed by atoms with Gasteiger partial charge in [-0.2, -0.15) is 0 Å². The third kappa shape index (κ3) is 42.0. The molecular formula is C44H87NO7P+. The van der Waals surface area contributed by atoms with E-state index in [2.05, 4.69) is 38.2 Å². The fourth-order valence-corrected chi connectivity index (χ4v) is 6.79. The van der Waals surface area contributed by atoms with Crippen molar-refractivity contribution < 1.29 is 37.3 Å². The maximum absolute atomic E-state index is 12.7. The van der Waals surface area contributed by atoms with Crippen LogP contribution in [0, 0.1) is 0 Å². The van der Waals surface area contributed by atoms with Crippen molar-refractivity contribution in [1.29, 1.82) is 0 Å². The summed E-state index contributed by atoms with van der Waals surface area (Å²) in [4.78, 5) is 22.9. The molecule has 53 heavy (non-hydrogen) atoms. The van der Waals surface area contributed by atoms with Crippen LogP contribution in [-0.2, 0) is 27.9 Å². The number of allylic oxidation sites excluding steroid dienone is 4. The zero-order valence-corrected chi connectivity index (χ0v) is 36.4. The Kier molecular flexibility index (Phi) is 37.2. The lowest BCUT2D eigenvalue weighted by Gasteiger charge is -2.24. The van der Waals surface area contributed by atoms with Gasteiger partial charge in [0, 0.05) is 13.0 Å². The summed E-state index contributed by atoms with van der Waals surface area (Å²) in [6, 6.07) is 0. The van der Waals surface area contributed by atoms with E-state index in [1.807, 2.05) is 21.1 Å². The van der Waals surface area contributed by atoms with Gasteiger partial charge in [0.1, 0.15) is 19.3 Å². The molecule has 0 amide bonds. The van der Waals surface area contributed by atoms with Crippen LogP contribution in [0.25, 0.3) is 0 Å². The van der Waals surface area contributed by atoms with E-state index in [4.69, 9.17) is 18.5 Å². The van der Waals surface area contributed by atoms with E-state index in [1.54, 1.807) is 0 Å². The molecule has 0 bridgehead atoms. The summed E-state index contributed by atoms with van der Waals surface area (Å²) >= 11 is 0. The van der Waals surface area contributed by atoms with Gasteiger partial charge in [0.25, 0.3) is 0 Å². The maximum Gasteiger partial charge on any atom is 0.472 e. The largest absolute Gasteiger partial charge is 0.472 e. The molecular weight excluding hydrogens is 685 g/mol. The average Bonchev–Trinajstić information content (AvgIpc) is 3.11. The van der Waals surface area contributed by atoms with Crippen molar-refractivity contribution in [3.8, 4) is 0 Å². The number of phosphoric ester groups is 1. The fraction of sp³-hybridized carbons (Fsp3) is 0.886. The van der Waals surface area contributed by atoms with Gasteiger partial charge in [-0.3, -0.25) is 13.8 Å². The van der Waals surface area contributed by atoms with Gasteiger partial charge in [0.15, 0.2) is 0 Å². The highest BCUT2D eigenvalue weighted by Crippen LogP contribution is 2.43. The van der Waals surface area contributed by atoms with Gasteiger partial charge < -0.3 is 18.9 Å². The first-order valence-corrected chi connectivity index (χ1v) is 23.6. The zero-order valence-electron chi connectivity index (χ0n) is 35.5. The minimum absolute atomic E-state index is 0.0876. The minimum Gasteiger partial charge on any atom is -0.457 e. The number of hydrogen-bond acceptors (Lipinski definition) is 6. The first-order chi connectivity index (χ1) is 25.6. The normalized spacial score (nSPS) is 14.0. The van der Waals surface area contributed by atoms with E-state index in [0.29, 0.717) is 24.1 Å². The summed E-state index contributed by atoms with van der Waals surface area (Å²) in [5.41, 5.74) is 0. The van der Waals surface area contributed by atoms with E-state index in [-0.39, 0.29) is 25.8 Å². The highest BCUT2D eigenvalue weighted by molar-refractivity contribution is 7.47. The molecule has 0 aromatic carbocycles. The lowest BCUT2D eigenvalue weighted by Crippen LogP contribution is -2.37. The molecule has 1 unspecified atom stereocenters. The number of carbonyl (C=O) groups excluding carboxylic acids is 1. The van der Waals surface area contributed by atoms with E-state index in [0.717, 1.165) is 57.8 Å². The Labute approximate surface area is 328 Å². The van der Waals surface area contributed by atoms with E-state index in [9.17, 15) is 14.3 Å². The van der Waals surface area contributed by atoms with Crippen molar-refractivity contribution in [3.05, 3.63) is 24.3 Å². The molecule has 8 nitrogen and oxygen atoms in total. The predicted octanol–water partition coefficient (Wildman–Crippen LogP) is 12.8. The number of nitrogens with zero attached hydrogens (tertiary/aromatic N) is 1. The topological polar surface area (TPSA) is 91.3 Å². The monoisotopic (exact) mass is 773 g/mol. The van der Waals surface area contributed by atoms with Crippen molar-refractivity contribution in [2.75, 3.05) is 54.1 Å². The Morgan fingerprint density at radius 1 is 0.585 bits per heavy atom. The van der Waals surface area contributed by atoms with Crippen molar-refractivity contribution in [3.63, 3.8) is 0 Å². The Bertz CT molecular complexity index is 905. The van der Waals surface area contributed by atoms with Gasteiger partial charge in [-0.05, 0) is 44.9 Å². The van der Waals surface area contributed by atoms with Crippen LogP contribution in [0.1, 0.15) is 194 Å². The standard InChI is InChI=1S/C44H86NO7P/c1-6-8-10-12-14-16-18-20-22-24-26-28-30-32-34-36-39-49-41-43(42-51-53(47,48)50-40-38-45(3,4)5)52-44(46)37-35-33-31-29-27-25-23-21-19-17-15-13-11-9-7-2/h15,17,21,23,43H,6-14,16,18-20,22,24-42H2,1-5H3/p+1/b17-15-,23-21-/t43-/m1/s1. The fourth-order valence-electron chi connectivity index (χ4n) is 6.05. The Balaban J connectivity index is 4.23. The van der Waals surface area contributed by atoms with Crippen LogP contribution < -0.4 is 0 Å². The van der Waals surface area contributed by atoms with E-state index >= 15 is 0 Å². The van der Waals surface area contributed by atoms with Crippen LogP contribution in [0.3, 0.4) is 0 Å². The second-order valence-corrected chi connectivity index (χ2v) is 17.5. The Morgan fingerprint density at radius 3 is 1.57 bits per heavy atom. The van der Waals surface area contributed by atoms with Crippen LogP contribution in [0.5, 0.6) is 0 Å². The molecule has 0 aliphatic rings. The molecule has 9 heteroatoms. The van der Waals surface area contributed by atoms with E-state index in [1.165, 1.54) is 116 Å². The predicted molar refractivity (Wildman–Crippen MR) is 224 cm³/mol. The summed E-state index contributed by atoms with van der Waals surface area (Å²) in [5, 5.41) is 0. The highest BCUT2D eigenvalue weighted by atomic mass is 31.2. The molecule has 314 valence electrons. The lowest BCUT2D eigenvalue weighted by atomic mass is 10.0. The summed E-state index contributed by atoms with van der Waals surface area (Å²) in [7, 11) is 1.66. The average molecular weight is 773 g/mol. The number of hydrogen-bond donors (Lipinski definition) is 1. The minimum atomic E-state index is -4.27. The number of esters is 1. The summed E-state index contributed by atoms with van der Waals surface area (Å²) in [6.07, 6.45) is 42.0. The Morgan fingerprint density at radius 2 is 1.04 bits per heavy atom. The molecule has 1 N–H and O–H groups in total. The second-order valence-electron chi connectivity index (χ2n) is 16.1. The SMILES string of the molecule is CCCCC/C=C\C/C=C\CCCCCCCC(=O)O[C@H](COCCCCCCCCCCCCCCCCCC)COP(=O)(O)OCC[N+](C)(C)C. The number of ether oxygens (including phenoxy) is 2. The van der Waals surface area contributed by atoms with Crippen molar-refractivity contribution in [2.45, 2.75) is 200 Å². The van der Waals surface area contributed by atoms with Crippen molar-refractivity contribution in [1.82, 2.24) is 0 Å². The summed E-state index contributed by atoms with van der Waals surface area (Å²) in [5.74, 6) is -0.325. The number of rotatable bonds is 41. The first-order valence-electron chi connectivity index (χ1n) is 22.1. The summed E-state index contributed by atoms with van der Waals surface area (Å²) in [6.45, 7) is 5.61. The zero-order chi connectivity index (χ0) is 39.1. The molecule has 0 aliphatic carbocycles. The molecule has 0 aliphatic heterocycles.